The summed E-state index contributed by atoms with van der Waals surface area (Å²) < 4.78 is 20.6. The fourth-order valence-electron chi connectivity index (χ4n) is 5.84. The summed E-state index contributed by atoms with van der Waals surface area (Å²) in [5.74, 6) is -0.332. The van der Waals surface area contributed by atoms with Gasteiger partial charge in [0.25, 0.3) is 11.8 Å². The predicted molar refractivity (Wildman–Crippen MR) is 146 cm³/mol. The van der Waals surface area contributed by atoms with Gasteiger partial charge in [-0.3, -0.25) is 9.59 Å². The first kappa shape index (κ1) is 26.4. The maximum Gasteiger partial charge on any atom is 0.289 e. The van der Waals surface area contributed by atoms with Gasteiger partial charge in [-0.05, 0) is 75.0 Å². The molecule has 0 aromatic heterocycles. The van der Waals surface area contributed by atoms with Crippen LogP contribution in [0.4, 0.5) is 4.39 Å². The minimum absolute atomic E-state index is 0.0478. The van der Waals surface area contributed by atoms with Crippen molar-refractivity contribution in [3.8, 4) is 0 Å². The number of amides is 2. The highest BCUT2D eigenvalue weighted by molar-refractivity contribution is 5.97. The van der Waals surface area contributed by atoms with Crippen LogP contribution in [0.1, 0.15) is 72.9 Å². The summed E-state index contributed by atoms with van der Waals surface area (Å²) in [5.41, 5.74) is 1.89. The van der Waals surface area contributed by atoms with E-state index in [9.17, 15) is 14.0 Å². The number of hydrogen-bond acceptors (Lipinski definition) is 4. The molecule has 2 amide bonds. The van der Waals surface area contributed by atoms with E-state index in [1.165, 1.54) is 31.7 Å². The van der Waals surface area contributed by atoms with Crippen LogP contribution < -0.4 is 5.32 Å². The molecule has 3 fully saturated rings. The molecule has 3 aliphatic rings. The Balaban J connectivity index is 1.24. The van der Waals surface area contributed by atoms with Gasteiger partial charge in [0, 0.05) is 30.8 Å². The zero-order chi connectivity index (χ0) is 26.3. The molecule has 2 atom stereocenters. The Morgan fingerprint density at radius 2 is 1.71 bits per heavy atom. The van der Waals surface area contributed by atoms with E-state index in [1.807, 2.05) is 12.1 Å². The summed E-state index contributed by atoms with van der Waals surface area (Å²) in [6.45, 7) is 3.96. The van der Waals surface area contributed by atoms with Crippen molar-refractivity contribution in [1.82, 2.24) is 15.1 Å². The molecule has 2 saturated heterocycles. The average molecular weight is 520 g/mol. The minimum atomic E-state index is -0.301. The van der Waals surface area contributed by atoms with E-state index in [2.05, 4.69) is 10.2 Å². The SMILES string of the molecule is O=C(NCCN1CCCCCC1)c1ccc(/C=C2\OC3CCCCC3N(Cc3ccccc3F)C2=O)cc1. The fourth-order valence-corrected chi connectivity index (χ4v) is 5.84. The van der Waals surface area contributed by atoms with E-state index in [4.69, 9.17) is 4.74 Å². The molecule has 2 aromatic carbocycles. The maximum atomic E-state index is 14.4. The first-order chi connectivity index (χ1) is 18.6. The zero-order valence-electron chi connectivity index (χ0n) is 22.0. The Morgan fingerprint density at radius 1 is 0.974 bits per heavy atom. The lowest BCUT2D eigenvalue weighted by Gasteiger charge is -2.44. The molecule has 7 heteroatoms. The highest BCUT2D eigenvalue weighted by Crippen LogP contribution is 2.34. The number of rotatable bonds is 7. The first-order valence-corrected chi connectivity index (χ1v) is 14.1. The van der Waals surface area contributed by atoms with E-state index in [0.717, 1.165) is 50.9 Å². The molecule has 2 unspecified atom stereocenters. The van der Waals surface area contributed by atoms with Crippen LogP contribution >= 0.6 is 0 Å². The van der Waals surface area contributed by atoms with E-state index < -0.39 is 0 Å². The van der Waals surface area contributed by atoms with Crippen LogP contribution in [0.3, 0.4) is 0 Å². The number of likely N-dealkylation sites (tertiary alicyclic amines) is 1. The van der Waals surface area contributed by atoms with Gasteiger partial charge in [-0.1, -0.05) is 49.6 Å². The molecule has 1 N–H and O–H groups in total. The van der Waals surface area contributed by atoms with Crippen molar-refractivity contribution < 1.29 is 18.7 Å². The second-order valence-corrected chi connectivity index (χ2v) is 10.7. The van der Waals surface area contributed by atoms with Crippen molar-refractivity contribution in [3.05, 3.63) is 76.8 Å². The van der Waals surface area contributed by atoms with Crippen LogP contribution in [0.25, 0.3) is 6.08 Å². The van der Waals surface area contributed by atoms with Crippen LogP contribution in [0.2, 0.25) is 0 Å². The fraction of sp³-hybridized carbons (Fsp3) is 0.484. The van der Waals surface area contributed by atoms with Crippen molar-refractivity contribution in [1.29, 1.82) is 0 Å². The molecule has 6 nitrogen and oxygen atoms in total. The van der Waals surface area contributed by atoms with Crippen LogP contribution in [-0.4, -0.2) is 59.9 Å². The summed E-state index contributed by atoms with van der Waals surface area (Å²) in [7, 11) is 0. The Labute approximate surface area is 224 Å². The van der Waals surface area contributed by atoms with E-state index >= 15 is 0 Å². The number of carbonyl (C=O) groups excluding carboxylic acids is 2. The molecule has 1 aliphatic carbocycles. The molecule has 5 rings (SSSR count). The smallest absolute Gasteiger partial charge is 0.289 e. The van der Waals surface area contributed by atoms with Gasteiger partial charge in [0.1, 0.15) is 11.9 Å². The third-order valence-electron chi connectivity index (χ3n) is 8.00. The lowest BCUT2D eigenvalue weighted by Crippen LogP contribution is -2.54. The summed E-state index contributed by atoms with van der Waals surface area (Å²) in [5, 5.41) is 3.03. The largest absolute Gasteiger partial charge is 0.482 e. The van der Waals surface area contributed by atoms with Gasteiger partial charge in [-0.2, -0.15) is 0 Å². The molecule has 0 radical (unpaired) electrons. The normalized spacial score (nSPS) is 23.4. The Bertz CT molecular complexity index is 1140. The minimum Gasteiger partial charge on any atom is -0.482 e. The van der Waals surface area contributed by atoms with Crippen LogP contribution in [0.15, 0.2) is 54.3 Å². The third kappa shape index (κ3) is 6.44. The van der Waals surface area contributed by atoms with Gasteiger partial charge in [-0.25, -0.2) is 4.39 Å². The number of nitrogens with one attached hydrogen (secondary N) is 1. The maximum absolute atomic E-state index is 14.4. The van der Waals surface area contributed by atoms with Crippen molar-refractivity contribution >= 4 is 17.9 Å². The Kier molecular flexibility index (Phi) is 8.74. The molecule has 0 bridgehead atoms. The quantitative estimate of drug-likeness (QED) is 0.515. The molecular weight excluding hydrogens is 481 g/mol. The summed E-state index contributed by atoms with van der Waals surface area (Å²) in [6, 6.07) is 13.8. The highest BCUT2D eigenvalue weighted by Gasteiger charge is 2.41. The van der Waals surface area contributed by atoms with E-state index in [0.29, 0.717) is 17.7 Å². The number of carbonyl (C=O) groups is 2. The van der Waals surface area contributed by atoms with Crippen molar-refractivity contribution in [2.24, 2.45) is 0 Å². The standard InChI is InChI=1S/C31H38FN3O3/c32-26-10-4-3-9-25(26)22-35-27-11-5-6-12-28(27)38-29(31(35)37)21-23-13-15-24(16-14-23)30(36)33-17-20-34-18-7-1-2-8-19-34/h3-4,9-10,13-16,21,27-28H,1-2,5-8,11-12,17-20,22H2,(H,33,36)/b29-21-. The van der Waals surface area contributed by atoms with Gasteiger partial charge >= 0.3 is 0 Å². The van der Waals surface area contributed by atoms with Crippen LogP contribution in [0.5, 0.6) is 0 Å². The second kappa shape index (κ2) is 12.6. The molecule has 1 saturated carbocycles. The molecule has 2 aromatic rings. The lowest BCUT2D eigenvalue weighted by atomic mass is 9.89. The summed E-state index contributed by atoms with van der Waals surface area (Å²) in [6.07, 6.45) is 10.5. The number of fused-ring (bicyclic) bond motifs is 1. The monoisotopic (exact) mass is 519 g/mol. The molecule has 38 heavy (non-hydrogen) atoms. The zero-order valence-corrected chi connectivity index (χ0v) is 22.0. The lowest BCUT2D eigenvalue weighted by molar-refractivity contribution is -0.149. The molecule has 0 spiro atoms. The van der Waals surface area contributed by atoms with Gasteiger partial charge in [0.15, 0.2) is 5.76 Å². The third-order valence-corrected chi connectivity index (χ3v) is 8.00. The number of ether oxygens (including phenoxy) is 1. The van der Waals surface area contributed by atoms with Gasteiger partial charge in [0.05, 0.1) is 6.04 Å². The van der Waals surface area contributed by atoms with Crippen LogP contribution in [0, 0.1) is 5.82 Å². The molecule has 2 heterocycles. The Hall–Kier alpha value is -3.19. The van der Waals surface area contributed by atoms with Crippen molar-refractivity contribution in [3.63, 3.8) is 0 Å². The van der Waals surface area contributed by atoms with Crippen molar-refractivity contribution in [2.45, 2.75) is 70.1 Å². The van der Waals surface area contributed by atoms with Gasteiger partial charge in [-0.15, -0.1) is 0 Å². The molecule has 2 aliphatic heterocycles. The predicted octanol–water partition coefficient (Wildman–Crippen LogP) is 5.14. The van der Waals surface area contributed by atoms with E-state index in [1.54, 1.807) is 41.3 Å². The topological polar surface area (TPSA) is 61.9 Å². The first-order valence-electron chi connectivity index (χ1n) is 14.1. The Morgan fingerprint density at radius 3 is 2.47 bits per heavy atom. The highest BCUT2D eigenvalue weighted by atomic mass is 19.1. The number of halogens is 1. The van der Waals surface area contributed by atoms with Gasteiger partial charge in [0.2, 0.25) is 0 Å². The average Bonchev–Trinajstić information content (AvgIpc) is 3.21. The number of benzene rings is 2. The second-order valence-electron chi connectivity index (χ2n) is 10.7. The van der Waals surface area contributed by atoms with Crippen LogP contribution in [-0.2, 0) is 16.1 Å². The summed E-state index contributed by atoms with van der Waals surface area (Å²) >= 11 is 0. The number of hydrogen-bond donors (Lipinski definition) is 1. The molecule has 202 valence electrons. The van der Waals surface area contributed by atoms with E-state index in [-0.39, 0.29) is 42.1 Å². The number of morpholine rings is 1. The van der Waals surface area contributed by atoms with Crippen molar-refractivity contribution in [2.75, 3.05) is 26.2 Å². The summed E-state index contributed by atoms with van der Waals surface area (Å²) in [4.78, 5) is 30.3. The van der Waals surface area contributed by atoms with Gasteiger partial charge < -0.3 is 19.9 Å². The number of nitrogens with zero attached hydrogens (tertiary/aromatic N) is 2. The molecular formula is C31H38FN3O3.